The summed E-state index contributed by atoms with van der Waals surface area (Å²) in [5.74, 6) is 1.51. The first-order valence-corrected chi connectivity index (χ1v) is 8.48. The van der Waals surface area contributed by atoms with Crippen molar-refractivity contribution in [1.29, 1.82) is 0 Å². The SMILES string of the molecule is CN=C(NCc1ccnc(OC)c1)N1CCOC(C2CCCO2)C1. The number of hydrogen-bond acceptors (Lipinski definition) is 5. The summed E-state index contributed by atoms with van der Waals surface area (Å²) in [6.07, 6.45) is 4.31. The van der Waals surface area contributed by atoms with Crippen molar-refractivity contribution >= 4 is 5.96 Å². The zero-order valence-corrected chi connectivity index (χ0v) is 14.4. The molecule has 2 aliphatic heterocycles. The van der Waals surface area contributed by atoms with Crippen LogP contribution in [0.15, 0.2) is 23.3 Å². The second-order valence-corrected chi connectivity index (χ2v) is 6.01. The minimum absolute atomic E-state index is 0.126. The Labute approximate surface area is 143 Å². The van der Waals surface area contributed by atoms with Gasteiger partial charge in [-0.15, -0.1) is 0 Å². The molecule has 1 aromatic rings. The molecule has 0 amide bonds. The number of guanidine groups is 1. The van der Waals surface area contributed by atoms with Crippen molar-refractivity contribution in [2.45, 2.75) is 31.6 Å². The lowest BCUT2D eigenvalue weighted by Gasteiger charge is -2.37. The molecule has 0 spiro atoms. The molecule has 2 fully saturated rings. The summed E-state index contributed by atoms with van der Waals surface area (Å²) in [5.41, 5.74) is 1.10. The Morgan fingerprint density at radius 1 is 1.42 bits per heavy atom. The molecule has 1 N–H and O–H groups in total. The van der Waals surface area contributed by atoms with Gasteiger partial charge in [0.25, 0.3) is 0 Å². The maximum Gasteiger partial charge on any atom is 0.213 e. The topological polar surface area (TPSA) is 68.2 Å². The third-order valence-corrected chi connectivity index (χ3v) is 4.44. The highest BCUT2D eigenvalue weighted by molar-refractivity contribution is 5.80. The number of nitrogens with zero attached hydrogens (tertiary/aromatic N) is 3. The van der Waals surface area contributed by atoms with Crippen LogP contribution in [0.2, 0.25) is 0 Å². The second kappa shape index (κ2) is 8.30. The van der Waals surface area contributed by atoms with E-state index in [1.54, 1.807) is 13.3 Å². The van der Waals surface area contributed by atoms with Gasteiger partial charge in [0.2, 0.25) is 5.88 Å². The lowest BCUT2D eigenvalue weighted by atomic mass is 10.1. The van der Waals surface area contributed by atoms with Crippen LogP contribution in [0.25, 0.3) is 0 Å². The Hall–Kier alpha value is -1.86. The van der Waals surface area contributed by atoms with Crippen LogP contribution in [0.1, 0.15) is 18.4 Å². The van der Waals surface area contributed by atoms with Gasteiger partial charge in [-0.3, -0.25) is 4.99 Å². The summed E-state index contributed by atoms with van der Waals surface area (Å²) in [6, 6.07) is 3.89. The molecule has 2 saturated heterocycles. The fourth-order valence-electron chi connectivity index (χ4n) is 3.17. The highest BCUT2D eigenvalue weighted by Gasteiger charge is 2.32. The number of nitrogens with one attached hydrogen (secondary N) is 1. The van der Waals surface area contributed by atoms with Gasteiger partial charge in [-0.05, 0) is 24.5 Å². The molecule has 132 valence electrons. The van der Waals surface area contributed by atoms with E-state index in [0.29, 0.717) is 19.0 Å². The van der Waals surface area contributed by atoms with E-state index in [9.17, 15) is 0 Å². The van der Waals surface area contributed by atoms with E-state index in [0.717, 1.165) is 44.1 Å². The quantitative estimate of drug-likeness (QED) is 0.656. The first kappa shape index (κ1) is 17.0. The Kier molecular flexibility index (Phi) is 5.87. The summed E-state index contributed by atoms with van der Waals surface area (Å²) < 4.78 is 16.8. The fourth-order valence-corrected chi connectivity index (χ4v) is 3.17. The van der Waals surface area contributed by atoms with E-state index in [1.807, 2.05) is 19.2 Å². The van der Waals surface area contributed by atoms with Crippen molar-refractivity contribution in [2.24, 2.45) is 4.99 Å². The number of ether oxygens (including phenoxy) is 3. The fraction of sp³-hybridized carbons (Fsp3) is 0.647. The minimum atomic E-state index is 0.126. The molecule has 0 radical (unpaired) electrons. The molecular formula is C17H26N4O3. The summed E-state index contributed by atoms with van der Waals surface area (Å²) in [5, 5.41) is 3.41. The van der Waals surface area contributed by atoms with Crippen LogP contribution in [0, 0.1) is 0 Å². The summed E-state index contributed by atoms with van der Waals surface area (Å²) in [4.78, 5) is 10.8. The van der Waals surface area contributed by atoms with Crippen LogP contribution < -0.4 is 10.1 Å². The second-order valence-electron chi connectivity index (χ2n) is 6.01. The van der Waals surface area contributed by atoms with Gasteiger partial charge in [0, 0.05) is 45.6 Å². The zero-order valence-electron chi connectivity index (χ0n) is 14.4. The predicted octanol–water partition coefficient (Wildman–Crippen LogP) is 1.05. The summed E-state index contributed by atoms with van der Waals surface area (Å²) in [6.45, 7) is 3.87. The minimum Gasteiger partial charge on any atom is -0.481 e. The van der Waals surface area contributed by atoms with Crippen LogP contribution in [-0.4, -0.2) is 68.5 Å². The van der Waals surface area contributed by atoms with E-state index in [-0.39, 0.29) is 12.2 Å². The van der Waals surface area contributed by atoms with Gasteiger partial charge < -0.3 is 24.4 Å². The number of methoxy groups -OCH3 is 1. The highest BCUT2D eigenvalue weighted by atomic mass is 16.5. The molecule has 0 aromatic carbocycles. The van der Waals surface area contributed by atoms with Crippen molar-refractivity contribution < 1.29 is 14.2 Å². The molecule has 0 saturated carbocycles. The molecule has 3 rings (SSSR count). The molecule has 1 aromatic heterocycles. The molecule has 7 nitrogen and oxygen atoms in total. The smallest absolute Gasteiger partial charge is 0.213 e. The van der Waals surface area contributed by atoms with E-state index in [4.69, 9.17) is 14.2 Å². The Bertz CT molecular complexity index is 561. The molecule has 7 heteroatoms. The maximum absolute atomic E-state index is 5.91. The monoisotopic (exact) mass is 334 g/mol. The third-order valence-electron chi connectivity index (χ3n) is 4.44. The van der Waals surface area contributed by atoms with Gasteiger partial charge >= 0.3 is 0 Å². The van der Waals surface area contributed by atoms with Gasteiger partial charge in [-0.1, -0.05) is 0 Å². The number of aromatic nitrogens is 1. The highest BCUT2D eigenvalue weighted by Crippen LogP contribution is 2.21. The average molecular weight is 334 g/mol. The van der Waals surface area contributed by atoms with Gasteiger partial charge in [-0.2, -0.15) is 0 Å². The van der Waals surface area contributed by atoms with Crippen molar-refractivity contribution in [3.05, 3.63) is 23.9 Å². The molecular weight excluding hydrogens is 308 g/mol. The standard InChI is InChI=1S/C17H26N4O3/c1-18-17(20-11-13-5-6-19-16(10-13)22-2)21-7-9-24-15(12-21)14-4-3-8-23-14/h5-6,10,14-15H,3-4,7-9,11-12H2,1-2H3,(H,18,20). The number of pyridine rings is 1. The van der Waals surface area contributed by atoms with E-state index >= 15 is 0 Å². The van der Waals surface area contributed by atoms with Crippen molar-refractivity contribution in [3.8, 4) is 5.88 Å². The first-order valence-electron chi connectivity index (χ1n) is 8.48. The molecule has 3 heterocycles. The van der Waals surface area contributed by atoms with Crippen LogP contribution in [-0.2, 0) is 16.0 Å². The predicted molar refractivity (Wildman–Crippen MR) is 91.3 cm³/mol. The Balaban J connectivity index is 1.57. The Morgan fingerprint density at radius 2 is 2.29 bits per heavy atom. The van der Waals surface area contributed by atoms with Gasteiger partial charge in [0.1, 0.15) is 6.10 Å². The number of aliphatic imine (C=N–C) groups is 1. The van der Waals surface area contributed by atoms with Crippen LogP contribution >= 0.6 is 0 Å². The van der Waals surface area contributed by atoms with Gasteiger partial charge in [0.05, 0.1) is 19.8 Å². The lowest BCUT2D eigenvalue weighted by molar-refractivity contribution is -0.0817. The Morgan fingerprint density at radius 3 is 3.04 bits per heavy atom. The molecule has 2 aliphatic rings. The van der Waals surface area contributed by atoms with E-state index in [2.05, 4.69) is 20.2 Å². The summed E-state index contributed by atoms with van der Waals surface area (Å²) in [7, 11) is 3.43. The van der Waals surface area contributed by atoms with Crippen molar-refractivity contribution in [2.75, 3.05) is 40.5 Å². The van der Waals surface area contributed by atoms with Crippen LogP contribution in [0.3, 0.4) is 0 Å². The molecule has 0 aliphatic carbocycles. The van der Waals surface area contributed by atoms with Crippen LogP contribution in [0.5, 0.6) is 5.88 Å². The number of rotatable bonds is 4. The largest absolute Gasteiger partial charge is 0.481 e. The zero-order chi connectivity index (χ0) is 16.8. The molecule has 2 unspecified atom stereocenters. The molecule has 2 atom stereocenters. The first-order chi connectivity index (χ1) is 11.8. The normalized spacial score (nSPS) is 24.9. The summed E-state index contributed by atoms with van der Waals surface area (Å²) >= 11 is 0. The van der Waals surface area contributed by atoms with Gasteiger partial charge in [-0.25, -0.2) is 4.98 Å². The molecule has 24 heavy (non-hydrogen) atoms. The van der Waals surface area contributed by atoms with Crippen molar-refractivity contribution in [3.63, 3.8) is 0 Å². The average Bonchev–Trinajstić information content (AvgIpc) is 3.17. The van der Waals surface area contributed by atoms with Crippen LogP contribution in [0.4, 0.5) is 0 Å². The van der Waals surface area contributed by atoms with E-state index < -0.39 is 0 Å². The van der Waals surface area contributed by atoms with E-state index in [1.165, 1.54) is 0 Å². The number of morpholine rings is 1. The number of hydrogen-bond donors (Lipinski definition) is 1. The lowest BCUT2D eigenvalue weighted by Crippen LogP contribution is -2.53. The van der Waals surface area contributed by atoms with Crippen molar-refractivity contribution in [1.82, 2.24) is 15.2 Å². The molecule has 0 bridgehead atoms. The van der Waals surface area contributed by atoms with Gasteiger partial charge in [0.15, 0.2) is 5.96 Å². The third kappa shape index (κ3) is 4.15. The maximum atomic E-state index is 5.91.